The molecular formula is C9H9F2N3O. The minimum absolute atomic E-state index is 0.348. The van der Waals surface area contributed by atoms with Gasteiger partial charge in [0.1, 0.15) is 11.3 Å². The molecule has 0 spiro atoms. The quantitative estimate of drug-likeness (QED) is 0.822. The van der Waals surface area contributed by atoms with Crippen molar-refractivity contribution in [1.82, 2.24) is 14.6 Å². The number of aromatic nitrogens is 3. The lowest BCUT2D eigenvalue weighted by Gasteiger charge is -2.02. The standard InChI is InChI=1S/C9H9F2N3O/c1-2-5-4-12-14-6(8(10)11)3-7(15)13-9(5)14/h3-4,8H,2H2,1H3,(H,13,15). The minimum Gasteiger partial charge on any atom is -0.307 e. The highest BCUT2D eigenvalue weighted by Gasteiger charge is 2.15. The molecule has 0 aliphatic heterocycles. The molecule has 0 unspecified atom stereocenters. The number of nitrogens with zero attached hydrogens (tertiary/aromatic N) is 2. The van der Waals surface area contributed by atoms with E-state index in [0.29, 0.717) is 12.1 Å². The van der Waals surface area contributed by atoms with Gasteiger partial charge in [-0.15, -0.1) is 0 Å². The largest absolute Gasteiger partial charge is 0.307 e. The van der Waals surface area contributed by atoms with Crippen molar-refractivity contribution >= 4 is 5.65 Å². The lowest BCUT2D eigenvalue weighted by molar-refractivity contribution is 0.143. The first-order chi connectivity index (χ1) is 7.13. The van der Waals surface area contributed by atoms with E-state index < -0.39 is 12.0 Å². The molecule has 0 atom stereocenters. The number of alkyl halides is 2. The predicted molar refractivity (Wildman–Crippen MR) is 50.1 cm³/mol. The van der Waals surface area contributed by atoms with Gasteiger partial charge in [0.25, 0.3) is 12.0 Å². The zero-order chi connectivity index (χ0) is 11.0. The van der Waals surface area contributed by atoms with Crippen LogP contribution in [0.25, 0.3) is 5.65 Å². The topological polar surface area (TPSA) is 50.2 Å². The summed E-state index contributed by atoms with van der Waals surface area (Å²) in [4.78, 5) is 13.6. The van der Waals surface area contributed by atoms with E-state index >= 15 is 0 Å². The number of fused-ring (bicyclic) bond motifs is 1. The molecule has 80 valence electrons. The van der Waals surface area contributed by atoms with Crippen LogP contribution in [0.1, 0.15) is 24.6 Å². The molecule has 0 amide bonds. The normalized spacial score (nSPS) is 11.5. The van der Waals surface area contributed by atoms with Gasteiger partial charge in [0.2, 0.25) is 0 Å². The van der Waals surface area contributed by atoms with Crippen molar-refractivity contribution in [3.8, 4) is 0 Å². The molecule has 2 aromatic rings. The van der Waals surface area contributed by atoms with Gasteiger partial charge in [0.05, 0.1) is 6.20 Å². The van der Waals surface area contributed by atoms with Crippen LogP contribution in [0.5, 0.6) is 0 Å². The summed E-state index contributed by atoms with van der Waals surface area (Å²) in [7, 11) is 0. The zero-order valence-corrected chi connectivity index (χ0v) is 8.00. The molecule has 0 fully saturated rings. The van der Waals surface area contributed by atoms with Gasteiger partial charge in [0.15, 0.2) is 0 Å². The van der Waals surface area contributed by atoms with E-state index in [4.69, 9.17) is 0 Å². The summed E-state index contributed by atoms with van der Waals surface area (Å²) >= 11 is 0. The monoisotopic (exact) mass is 213 g/mol. The Morgan fingerprint density at radius 3 is 2.93 bits per heavy atom. The van der Waals surface area contributed by atoms with E-state index in [1.807, 2.05) is 6.92 Å². The van der Waals surface area contributed by atoms with E-state index in [1.54, 1.807) is 0 Å². The predicted octanol–water partition coefficient (Wildman–Crippen LogP) is 1.52. The Hall–Kier alpha value is -1.72. The number of hydrogen-bond donors (Lipinski definition) is 1. The molecule has 0 saturated heterocycles. The van der Waals surface area contributed by atoms with E-state index in [1.165, 1.54) is 6.20 Å². The van der Waals surface area contributed by atoms with Crippen LogP contribution in [0.3, 0.4) is 0 Å². The Labute approximate surface area is 83.5 Å². The summed E-state index contributed by atoms with van der Waals surface area (Å²) in [6.07, 6.45) is -0.595. The van der Waals surface area contributed by atoms with Crippen LogP contribution in [-0.4, -0.2) is 14.6 Å². The van der Waals surface area contributed by atoms with Crippen LogP contribution in [0.15, 0.2) is 17.1 Å². The third kappa shape index (κ3) is 1.51. The van der Waals surface area contributed by atoms with Crippen molar-refractivity contribution in [1.29, 1.82) is 0 Å². The summed E-state index contributed by atoms with van der Waals surface area (Å²) in [6, 6.07) is 0.865. The van der Waals surface area contributed by atoms with E-state index in [-0.39, 0.29) is 5.69 Å². The Bertz CT molecular complexity index is 544. The van der Waals surface area contributed by atoms with Gasteiger partial charge in [0, 0.05) is 11.6 Å². The molecular weight excluding hydrogens is 204 g/mol. The molecule has 2 aromatic heterocycles. The Morgan fingerprint density at radius 2 is 2.33 bits per heavy atom. The van der Waals surface area contributed by atoms with Crippen molar-refractivity contribution in [3.63, 3.8) is 0 Å². The number of nitrogens with one attached hydrogen (secondary N) is 1. The molecule has 2 rings (SSSR count). The van der Waals surface area contributed by atoms with Crippen molar-refractivity contribution in [2.45, 2.75) is 19.8 Å². The first-order valence-corrected chi connectivity index (χ1v) is 4.51. The maximum absolute atomic E-state index is 12.6. The number of hydrogen-bond acceptors (Lipinski definition) is 2. The first-order valence-electron chi connectivity index (χ1n) is 4.51. The average Bonchev–Trinajstić information content (AvgIpc) is 2.58. The van der Waals surface area contributed by atoms with Gasteiger partial charge < -0.3 is 4.98 Å². The van der Waals surface area contributed by atoms with Crippen LogP contribution < -0.4 is 5.56 Å². The molecule has 15 heavy (non-hydrogen) atoms. The first kappa shape index (κ1) is 9.82. The average molecular weight is 213 g/mol. The molecule has 0 bridgehead atoms. The molecule has 2 heterocycles. The molecule has 4 nitrogen and oxygen atoms in total. The second-order valence-electron chi connectivity index (χ2n) is 3.14. The number of halogens is 2. The number of H-pyrrole nitrogens is 1. The summed E-state index contributed by atoms with van der Waals surface area (Å²) < 4.78 is 26.2. The highest BCUT2D eigenvalue weighted by atomic mass is 19.3. The number of aryl methyl sites for hydroxylation is 1. The van der Waals surface area contributed by atoms with Crippen LogP contribution >= 0.6 is 0 Å². The lowest BCUT2D eigenvalue weighted by atomic mass is 10.2. The van der Waals surface area contributed by atoms with Crippen LogP contribution in [0.2, 0.25) is 0 Å². The molecule has 0 aliphatic rings. The fourth-order valence-electron chi connectivity index (χ4n) is 1.47. The SMILES string of the molecule is CCc1cnn2c(C(F)F)cc(=O)[nH]c12. The summed E-state index contributed by atoms with van der Waals surface area (Å²) in [5.41, 5.74) is 0.177. The Kier molecular flexibility index (Phi) is 2.26. The summed E-state index contributed by atoms with van der Waals surface area (Å²) in [5, 5.41) is 3.82. The Morgan fingerprint density at radius 1 is 1.60 bits per heavy atom. The zero-order valence-electron chi connectivity index (χ0n) is 8.00. The van der Waals surface area contributed by atoms with Crippen LogP contribution in [0, 0.1) is 0 Å². The van der Waals surface area contributed by atoms with Gasteiger partial charge in [-0.05, 0) is 6.42 Å². The van der Waals surface area contributed by atoms with Crippen molar-refractivity contribution in [2.75, 3.05) is 0 Å². The van der Waals surface area contributed by atoms with Crippen molar-refractivity contribution < 1.29 is 8.78 Å². The molecule has 6 heteroatoms. The van der Waals surface area contributed by atoms with Gasteiger partial charge in [-0.3, -0.25) is 4.79 Å². The Balaban J connectivity index is 2.82. The van der Waals surface area contributed by atoms with Crippen molar-refractivity contribution in [3.05, 3.63) is 33.9 Å². The maximum Gasteiger partial charge on any atom is 0.280 e. The second kappa shape index (κ2) is 3.45. The third-order valence-corrected chi connectivity index (χ3v) is 2.21. The van der Waals surface area contributed by atoms with Crippen LogP contribution in [0.4, 0.5) is 8.78 Å². The van der Waals surface area contributed by atoms with Crippen molar-refractivity contribution in [2.24, 2.45) is 0 Å². The lowest BCUT2D eigenvalue weighted by Crippen LogP contribution is -2.12. The smallest absolute Gasteiger partial charge is 0.280 e. The highest BCUT2D eigenvalue weighted by molar-refractivity contribution is 5.46. The third-order valence-electron chi connectivity index (χ3n) is 2.21. The number of rotatable bonds is 2. The van der Waals surface area contributed by atoms with Gasteiger partial charge in [-0.25, -0.2) is 13.3 Å². The van der Waals surface area contributed by atoms with Gasteiger partial charge >= 0.3 is 0 Å². The molecule has 0 aliphatic carbocycles. The fraction of sp³-hybridized carbons (Fsp3) is 0.333. The highest BCUT2D eigenvalue weighted by Crippen LogP contribution is 2.18. The maximum atomic E-state index is 12.6. The van der Waals surface area contributed by atoms with E-state index in [0.717, 1.165) is 16.1 Å². The molecule has 1 N–H and O–H groups in total. The summed E-state index contributed by atoms with van der Waals surface area (Å²) in [6.45, 7) is 1.87. The van der Waals surface area contributed by atoms with E-state index in [9.17, 15) is 13.6 Å². The van der Waals surface area contributed by atoms with E-state index in [2.05, 4.69) is 10.1 Å². The van der Waals surface area contributed by atoms with Crippen LogP contribution in [-0.2, 0) is 6.42 Å². The van der Waals surface area contributed by atoms with Gasteiger partial charge in [-0.1, -0.05) is 6.92 Å². The minimum atomic E-state index is -2.71. The second-order valence-corrected chi connectivity index (χ2v) is 3.14. The summed E-state index contributed by atoms with van der Waals surface area (Å²) in [5.74, 6) is 0. The molecule has 0 saturated carbocycles. The molecule has 0 radical (unpaired) electrons. The fourth-order valence-corrected chi connectivity index (χ4v) is 1.47. The van der Waals surface area contributed by atoms with Gasteiger partial charge in [-0.2, -0.15) is 5.10 Å². The molecule has 0 aromatic carbocycles. The number of aromatic amines is 1.